The molecule has 0 aliphatic rings. The summed E-state index contributed by atoms with van der Waals surface area (Å²) in [6.45, 7) is 5.17. The highest BCUT2D eigenvalue weighted by molar-refractivity contribution is 5.95. The lowest BCUT2D eigenvalue weighted by atomic mass is 10.1. The number of benzene rings is 1. The summed E-state index contributed by atoms with van der Waals surface area (Å²) in [7, 11) is 0. The Bertz CT molecular complexity index is 676. The highest BCUT2D eigenvalue weighted by Gasteiger charge is 2.15. The van der Waals surface area contributed by atoms with Gasteiger partial charge in [-0.05, 0) is 32.4 Å². The Balaban J connectivity index is 1.89. The number of carbonyl (C=O) groups excluding carboxylic acids is 2. The van der Waals surface area contributed by atoms with Gasteiger partial charge in [0, 0.05) is 11.8 Å². The molecule has 0 saturated heterocycles. The maximum absolute atomic E-state index is 11.8. The quantitative estimate of drug-likeness (QED) is 0.874. The Morgan fingerprint density at radius 2 is 2.00 bits per heavy atom. The summed E-state index contributed by atoms with van der Waals surface area (Å²) in [5, 5.41) is 6.26. The van der Waals surface area contributed by atoms with Gasteiger partial charge in [-0.25, -0.2) is 4.79 Å². The summed E-state index contributed by atoms with van der Waals surface area (Å²) in [5.41, 5.74) is 3.32. The number of rotatable bonds is 4. The van der Waals surface area contributed by atoms with Crippen molar-refractivity contribution in [2.45, 2.75) is 20.8 Å². The second-order valence-corrected chi connectivity index (χ2v) is 4.78. The molecule has 0 atom stereocenters. The first-order chi connectivity index (χ1) is 9.95. The number of hydrogen-bond acceptors (Lipinski definition) is 5. The Labute approximate surface area is 122 Å². The second kappa shape index (κ2) is 6.21. The number of aromatic nitrogens is 1. The second-order valence-electron chi connectivity index (χ2n) is 4.78. The number of hydrogen-bond donors (Lipinski definition) is 1. The smallest absolute Gasteiger partial charge is 0.377 e. The molecule has 2 rings (SSSR count). The van der Waals surface area contributed by atoms with Crippen molar-refractivity contribution in [1.29, 1.82) is 0 Å². The first kappa shape index (κ1) is 14.8. The van der Waals surface area contributed by atoms with Gasteiger partial charge < -0.3 is 14.6 Å². The van der Waals surface area contributed by atoms with E-state index >= 15 is 0 Å². The van der Waals surface area contributed by atoms with E-state index in [9.17, 15) is 9.59 Å². The predicted molar refractivity (Wildman–Crippen MR) is 76.1 cm³/mol. The largest absolute Gasteiger partial charge is 0.450 e. The van der Waals surface area contributed by atoms with Crippen molar-refractivity contribution in [3.05, 3.63) is 46.8 Å². The van der Waals surface area contributed by atoms with Crippen molar-refractivity contribution in [2.24, 2.45) is 0 Å². The standard InChI is InChI=1S/C15H16N2O4/c1-9-4-5-12(10(2)6-9)16-14(18)8-20-15(19)13-7-11(3)17-21-13/h4-7H,8H2,1-3H3,(H,16,18). The van der Waals surface area contributed by atoms with Crippen molar-refractivity contribution in [3.63, 3.8) is 0 Å². The number of aryl methyl sites for hydroxylation is 3. The first-order valence-corrected chi connectivity index (χ1v) is 6.43. The van der Waals surface area contributed by atoms with Crippen molar-refractivity contribution in [2.75, 3.05) is 11.9 Å². The molecular formula is C15H16N2O4. The van der Waals surface area contributed by atoms with E-state index in [1.165, 1.54) is 6.07 Å². The lowest BCUT2D eigenvalue weighted by Crippen LogP contribution is -2.21. The molecule has 0 fully saturated rings. The number of nitrogens with zero attached hydrogens (tertiary/aromatic N) is 1. The average molecular weight is 288 g/mol. The SMILES string of the molecule is Cc1ccc(NC(=O)COC(=O)c2cc(C)no2)c(C)c1. The van der Waals surface area contributed by atoms with Gasteiger partial charge in [-0.2, -0.15) is 0 Å². The molecule has 0 saturated carbocycles. The molecule has 110 valence electrons. The van der Waals surface area contributed by atoms with E-state index in [1.807, 2.05) is 32.0 Å². The molecule has 1 heterocycles. The number of carbonyl (C=O) groups is 2. The minimum atomic E-state index is -0.716. The Hall–Kier alpha value is -2.63. The van der Waals surface area contributed by atoms with Gasteiger partial charge in [0.15, 0.2) is 6.61 Å². The fourth-order valence-corrected chi connectivity index (χ4v) is 1.80. The van der Waals surface area contributed by atoms with E-state index in [2.05, 4.69) is 10.5 Å². The predicted octanol–water partition coefficient (Wildman–Crippen LogP) is 2.40. The summed E-state index contributed by atoms with van der Waals surface area (Å²) in [6, 6.07) is 7.11. The number of esters is 1. The van der Waals surface area contributed by atoms with E-state index in [0.29, 0.717) is 11.4 Å². The van der Waals surface area contributed by atoms with Gasteiger partial charge in [0.05, 0.1) is 5.69 Å². The van der Waals surface area contributed by atoms with Gasteiger partial charge in [0.2, 0.25) is 5.76 Å². The molecule has 0 aliphatic heterocycles. The topological polar surface area (TPSA) is 81.4 Å². The third-order valence-electron chi connectivity index (χ3n) is 2.82. The monoisotopic (exact) mass is 288 g/mol. The Kier molecular flexibility index (Phi) is 4.37. The normalized spacial score (nSPS) is 10.2. The zero-order valence-corrected chi connectivity index (χ0v) is 12.1. The number of anilines is 1. The highest BCUT2D eigenvalue weighted by Crippen LogP contribution is 2.15. The molecular weight excluding hydrogens is 272 g/mol. The van der Waals surface area contributed by atoms with Crippen LogP contribution in [0.4, 0.5) is 5.69 Å². The van der Waals surface area contributed by atoms with Crippen LogP contribution in [-0.2, 0) is 9.53 Å². The summed E-state index contributed by atoms with van der Waals surface area (Å²) in [5.74, 6) is -1.15. The van der Waals surface area contributed by atoms with Crippen LogP contribution in [-0.4, -0.2) is 23.6 Å². The molecule has 0 aliphatic carbocycles. The van der Waals surface area contributed by atoms with Crippen LogP contribution >= 0.6 is 0 Å². The number of ether oxygens (including phenoxy) is 1. The number of amides is 1. The van der Waals surface area contributed by atoms with Crippen LogP contribution in [0.25, 0.3) is 0 Å². The molecule has 0 radical (unpaired) electrons. The number of nitrogens with one attached hydrogen (secondary N) is 1. The van der Waals surface area contributed by atoms with Crippen LogP contribution in [0.5, 0.6) is 0 Å². The third-order valence-corrected chi connectivity index (χ3v) is 2.82. The zero-order chi connectivity index (χ0) is 15.4. The Morgan fingerprint density at radius 1 is 1.24 bits per heavy atom. The fraction of sp³-hybridized carbons (Fsp3) is 0.267. The van der Waals surface area contributed by atoms with Crippen molar-refractivity contribution >= 4 is 17.6 Å². The molecule has 1 amide bonds. The first-order valence-electron chi connectivity index (χ1n) is 6.43. The van der Waals surface area contributed by atoms with Crippen LogP contribution in [0.1, 0.15) is 27.4 Å². The molecule has 0 bridgehead atoms. The van der Waals surface area contributed by atoms with E-state index in [1.54, 1.807) is 6.92 Å². The summed E-state index contributed by atoms with van der Waals surface area (Å²) in [6.07, 6.45) is 0. The van der Waals surface area contributed by atoms with E-state index in [-0.39, 0.29) is 12.4 Å². The molecule has 6 nitrogen and oxygen atoms in total. The fourth-order valence-electron chi connectivity index (χ4n) is 1.80. The maximum Gasteiger partial charge on any atom is 0.377 e. The average Bonchev–Trinajstić information content (AvgIpc) is 2.86. The minimum absolute atomic E-state index is 0.0215. The summed E-state index contributed by atoms with van der Waals surface area (Å²) >= 11 is 0. The van der Waals surface area contributed by atoms with Crippen molar-refractivity contribution in [1.82, 2.24) is 5.16 Å². The molecule has 0 spiro atoms. The van der Waals surface area contributed by atoms with E-state index in [0.717, 1.165) is 11.1 Å². The molecule has 1 aromatic heterocycles. The lowest BCUT2D eigenvalue weighted by molar-refractivity contribution is -0.119. The lowest BCUT2D eigenvalue weighted by Gasteiger charge is -2.09. The third kappa shape index (κ3) is 3.92. The van der Waals surface area contributed by atoms with Crippen LogP contribution in [0, 0.1) is 20.8 Å². The van der Waals surface area contributed by atoms with E-state index < -0.39 is 11.9 Å². The van der Waals surface area contributed by atoms with Crippen molar-refractivity contribution in [3.8, 4) is 0 Å². The molecule has 2 aromatic rings. The maximum atomic E-state index is 11.8. The van der Waals surface area contributed by atoms with Gasteiger partial charge in [0.1, 0.15) is 0 Å². The molecule has 1 aromatic carbocycles. The van der Waals surface area contributed by atoms with Gasteiger partial charge in [0.25, 0.3) is 5.91 Å². The van der Waals surface area contributed by atoms with Gasteiger partial charge >= 0.3 is 5.97 Å². The Morgan fingerprint density at radius 3 is 2.62 bits per heavy atom. The van der Waals surface area contributed by atoms with Crippen LogP contribution in [0.15, 0.2) is 28.8 Å². The minimum Gasteiger partial charge on any atom is -0.450 e. The highest BCUT2D eigenvalue weighted by atomic mass is 16.6. The van der Waals surface area contributed by atoms with Gasteiger partial charge in [-0.3, -0.25) is 4.79 Å². The summed E-state index contributed by atoms with van der Waals surface area (Å²) in [4.78, 5) is 23.3. The van der Waals surface area contributed by atoms with Gasteiger partial charge in [-0.1, -0.05) is 22.9 Å². The molecule has 6 heteroatoms. The van der Waals surface area contributed by atoms with Crippen molar-refractivity contribution < 1.29 is 18.8 Å². The van der Waals surface area contributed by atoms with Crippen LogP contribution in [0.2, 0.25) is 0 Å². The molecule has 21 heavy (non-hydrogen) atoms. The van der Waals surface area contributed by atoms with Gasteiger partial charge in [-0.15, -0.1) is 0 Å². The van der Waals surface area contributed by atoms with Crippen LogP contribution < -0.4 is 5.32 Å². The van der Waals surface area contributed by atoms with E-state index in [4.69, 9.17) is 9.26 Å². The summed E-state index contributed by atoms with van der Waals surface area (Å²) < 4.78 is 9.61. The van der Waals surface area contributed by atoms with Crippen LogP contribution in [0.3, 0.4) is 0 Å². The molecule has 0 unspecified atom stereocenters. The molecule has 1 N–H and O–H groups in total. The zero-order valence-electron chi connectivity index (χ0n) is 12.1.